The Bertz CT molecular complexity index is 659. The molecule has 31 heavy (non-hydrogen) atoms. The lowest BCUT2D eigenvalue weighted by molar-refractivity contribution is -0.311. The molecule has 0 amide bonds. The molecule has 7 N–H and O–H groups in total. The highest BCUT2D eigenvalue weighted by Crippen LogP contribution is 2.52. The Kier molecular flexibility index (Phi) is 6.91. The van der Waals surface area contributed by atoms with Crippen LogP contribution in [0, 0.1) is 17.8 Å². The van der Waals surface area contributed by atoms with Crippen LogP contribution < -0.4 is 0 Å². The van der Waals surface area contributed by atoms with Crippen molar-refractivity contribution in [1.29, 1.82) is 0 Å². The molecule has 3 rings (SSSR count). The number of ketones is 1. The summed E-state index contributed by atoms with van der Waals surface area (Å²) in [6, 6.07) is 0. The fraction of sp³-hybridized carbons (Fsp3) is 0.952. The SMILES string of the molecule is CC(C)(O)[C@@H]1CC[C@](O)(CO[C@H]2O[C@@H](CO)[C@H](O)[C@H](O)[C@@H]2O)[C@H]2CC(=O)[C@@](C)(O)[C@@H]2C1. The van der Waals surface area contributed by atoms with E-state index in [9.17, 15) is 40.5 Å². The van der Waals surface area contributed by atoms with Crippen molar-refractivity contribution in [1.82, 2.24) is 0 Å². The zero-order valence-corrected chi connectivity index (χ0v) is 18.2. The zero-order valence-electron chi connectivity index (χ0n) is 18.2. The molecule has 10 nitrogen and oxygen atoms in total. The van der Waals surface area contributed by atoms with E-state index in [1.807, 2.05) is 0 Å². The van der Waals surface area contributed by atoms with Crippen LogP contribution in [0.15, 0.2) is 0 Å². The van der Waals surface area contributed by atoms with Gasteiger partial charge < -0.3 is 45.2 Å². The van der Waals surface area contributed by atoms with Crippen molar-refractivity contribution in [2.75, 3.05) is 13.2 Å². The largest absolute Gasteiger partial charge is 0.394 e. The number of carbonyl (C=O) groups excluding carboxylic acids is 1. The number of Topliss-reactive ketones (excluding diaryl/α,β-unsaturated/α-hetero) is 1. The van der Waals surface area contributed by atoms with E-state index in [-0.39, 0.29) is 31.1 Å². The number of aliphatic hydroxyl groups excluding tert-OH is 4. The molecule has 0 radical (unpaired) electrons. The summed E-state index contributed by atoms with van der Waals surface area (Å²) in [4.78, 5) is 12.5. The normalized spacial score (nSPS) is 49.0. The van der Waals surface area contributed by atoms with Gasteiger partial charge in [-0.2, -0.15) is 0 Å². The molecule has 0 bridgehead atoms. The molecule has 1 aliphatic heterocycles. The van der Waals surface area contributed by atoms with E-state index in [4.69, 9.17) is 9.47 Å². The molecule has 0 aromatic carbocycles. The maximum Gasteiger partial charge on any atom is 0.186 e. The molecule has 0 spiro atoms. The molecule has 0 aromatic heterocycles. The summed E-state index contributed by atoms with van der Waals surface area (Å²) in [5.74, 6) is -1.88. The van der Waals surface area contributed by atoms with Crippen LogP contribution in [0.25, 0.3) is 0 Å². The summed E-state index contributed by atoms with van der Waals surface area (Å²) in [5, 5.41) is 72.4. The number of aliphatic hydroxyl groups is 7. The smallest absolute Gasteiger partial charge is 0.186 e. The molecule has 10 heteroatoms. The molecule has 2 saturated carbocycles. The maximum absolute atomic E-state index is 12.5. The van der Waals surface area contributed by atoms with Crippen molar-refractivity contribution in [3.8, 4) is 0 Å². The van der Waals surface area contributed by atoms with Crippen molar-refractivity contribution in [3.63, 3.8) is 0 Å². The predicted molar refractivity (Wildman–Crippen MR) is 106 cm³/mol. The first-order valence-corrected chi connectivity index (χ1v) is 10.8. The van der Waals surface area contributed by atoms with Gasteiger partial charge in [0.1, 0.15) is 30.0 Å². The number of hydrogen-bond acceptors (Lipinski definition) is 10. The van der Waals surface area contributed by atoms with Gasteiger partial charge in [0.15, 0.2) is 12.1 Å². The second-order valence-electron chi connectivity index (χ2n) is 10.2. The summed E-state index contributed by atoms with van der Waals surface area (Å²) in [7, 11) is 0. The average Bonchev–Trinajstić information content (AvgIpc) is 2.81. The molecule has 0 unspecified atom stereocenters. The van der Waals surface area contributed by atoms with Crippen molar-refractivity contribution < 1.29 is 50.0 Å². The van der Waals surface area contributed by atoms with E-state index in [1.165, 1.54) is 6.92 Å². The number of ether oxygens (including phenoxy) is 2. The summed E-state index contributed by atoms with van der Waals surface area (Å²) in [6.07, 6.45) is -6.39. The van der Waals surface area contributed by atoms with Gasteiger partial charge in [-0.3, -0.25) is 4.79 Å². The van der Waals surface area contributed by atoms with Gasteiger partial charge in [0.05, 0.1) is 24.4 Å². The molecule has 2 aliphatic carbocycles. The van der Waals surface area contributed by atoms with Crippen LogP contribution in [0.4, 0.5) is 0 Å². The van der Waals surface area contributed by atoms with Crippen LogP contribution in [0.3, 0.4) is 0 Å². The molecule has 1 heterocycles. The predicted octanol–water partition coefficient (Wildman–Crippen LogP) is -1.94. The molecule has 180 valence electrons. The maximum atomic E-state index is 12.5. The molecule has 1 saturated heterocycles. The average molecular weight is 449 g/mol. The Morgan fingerprint density at radius 1 is 1.13 bits per heavy atom. The van der Waals surface area contributed by atoms with Crippen LogP contribution in [0.1, 0.15) is 46.5 Å². The highest BCUT2D eigenvalue weighted by molar-refractivity contribution is 5.89. The second-order valence-corrected chi connectivity index (χ2v) is 10.2. The molecule has 3 fully saturated rings. The van der Waals surface area contributed by atoms with Crippen LogP contribution in [0.5, 0.6) is 0 Å². The Balaban J connectivity index is 1.81. The van der Waals surface area contributed by atoms with Crippen molar-refractivity contribution in [2.45, 2.75) is 94.0 Å². The van der Waals surface area contributed by atoms with E-state index < -0.39 is 66.0 Å². The lowest BCUT2D eigenvalue weighted by Gasteiger charge is -2.42. The van der Waals surface area contributed by atoms with Crippen LogP contribution >= 0.6 is 0 Å². The van der Waals surface area contributed by atoms with Gasteiger partial charge in [-0.1, -0.05) is 0 Å². The topological polar surface area (TPSA) is 177 Å². The first-order chi connectivity index (χ1) is 14.2. The minimum Gasteiger partial charge on any atom is -0.394 e. The molecular formula is C21H36O10. The minimum atomic E-state index is -1.64. The van der Waals surface area contributed by atoms with E-state index in [0.717, 1.165) is 0 Å². The first kappa shape index (κ1) is 24.9. The molecule has 0 aromatic rings. The summed E-state index contributed by atoms with van der Waals surface area (Å²) >= 11 is 0. The second kappa shape index (κ2) is 8.58. The van der Waals surface area contributed by atoms with E-state index >= 15 is 0 Å². The van der Waals surface area contributed by atoms with E-state index in [0.29, 0.717) is 12.8 Å². The monoisotopic (exact) mass is 448 g/mol. The third-order valence-electron chi connectivity index (χ3n) is 7.68. The van der Waals surface area contributed by atoms with Crippen molar-refractivity contribution in [3.05, 3.63) is 0 Å². The Labute approximate surface area is 181 Å². The quantitative estimate of drug-likeness (QED) is 0.250. The fourth-order valence-corrected chi connectivity index (χ4v) is 5.39. The van der Waals surface area contributed by atoms with Crippen LogP contribution in [-0.4, -0.2) is 102 Å². The van der Waals surface area contributed by atoms with Crippen molar-refractivity contribution in [2.24, 2.45) is 17.8 Å². The summed E-state index contributed by atoms with van der Waals surface area (Å²) in [6.45, 7) is 3.79. The van der Waals surface area contributed by atoms with Crippen LogP contribution in [-0.2, 0) is 14.3 Å². The summed E-state index contributed by atoms with van der Waals surface area (Å²) in [5.41, 5.74) is -4.27. The third-order valence-corrected chi connectivity index (χ3v) is 7.68. The van der Waals surface area contributed by atoms with Gasteiger partial charge in [0.2, 0.25) is 0 Å². The Morgan fingerprint density at radius 2 is 1.77 bits per heavy atom. The molecule has 3 aliphatic rings. The Morgan fingerprint density at radius 3 is 2.35 bits per heavy atom. The van der Waals surface area contributed by atoms with E-state index in [1.54, 1.807) is 13.8 Å². The Hall–Kier alpha value is -0.690. The highest BCUT2D eigenvalue weighted by Gasteiger charge is 2.60. The lowest BCUT2D eigenvalue weighted by Crippen LogP contribution is -2.60. The van der Waals surface area contributed by atoms with Gasteiger partial charge in [-0.15, -0.1) is 0 Å². The lowest BCUT2D eigenvalue weighted by atomic mass is 9.74. The minimum absolute atomic E-state index is 0.0508. The highest BCUT2D eigenvalue weighted by atomic mass is 16.7. The fourth-order valence-electron chi connectivity index (χ4n) is 5.39. The van der Waals surface area contributed by atoms with E-state index in [2.05, 4.69) is 0 Å². The van der Waals surface area contributed by atoms with Gasteiger partial charge in [-0.05, 0) is 46.0 Å². The van der Waals surface area contributed by atoms with Gasteiger partial charge >= 0.3 is 0 Å². The number of hydrogen-bond donors (Lipinski definition) is 7. The first-order valence-electron chi connectivity index (χ1n) is 10.8. The van der Waals surface area contributed by atoms with Crippen molar-refractivity contribution >= 4 is 5.78 Å². The van der Waals surface area contributed by atoms with Crippen LogP contribution in [0.2, 0.25) is 0 Å². The third kappa shape index (κ3) is 4.55. The summed E-state index contributed by atoms with van der Waals surface area (Å²) < 4.78 is 11.0. The zero-order chi connectivity index (χ0) is 23.4. The standard InChI is InChI=1S/C21H36O10/c1-19(2,27)10-4-5-21(29,12-7-14(23)20(3,28)11(12)6-10)9-30-18-17(26)16(25)15(24)13(8-22)31-18/h10-13,15-18,22,24-29H,4-9H2,1-3H3/t10-,11-,12+,13+,15+,16+,17+,18+,20+,21+/m1/s1. The number of fused-ring (bicyclic) bond motifs is 1. The van der Waals surface area contributed by atoms with Gasteiger partial charge in [0.25, 0.3) is 0 Å². The van der Waals surface area contributed by atoms with Gasteiger partial charge in [-0.25, -0.2) is 0 Å². The number of rotatable bonds is 5. The molecule has 10 atom stereocenters. The van der Waals surface area contributed by atoms with Gasteiger partial charge in [0, 0.05) is 18.3 Å². The number of carbonyl (C=O) groups is 1. The molecular weight excluding hydrogens is 412 g/mol.